The minimum Gasteiger partial charge on any atom is -0.469 e. The Balaban J connectivity index is 2.74. The highest BCUT2D eigenvalue weighted by molar-refractivity contribution is 6.06. The Hall–Kier alpha value is -1.85. The number of esters is 1. The lowest BCUT2D eigenvalue weighted by Gasteiger charge is -1.97. The van der Waals surface area contributed by atoms with Gasteiger partial charge in [-0.05, 0) is 0 Å². The van der Waals surface area contributed by atoms with Crippen molar-refractivity contribution >= 4 is 11.8 Å². The molecular weight excluding hydrogens is 190 g/mol. The Morgan fingerprint density at radius 3 is 2.79 bits per heavy atom. The largest absolute Gasteiger partial charge is 0.469 e. The highest BCUT2D eigenvalue weighted by Crippen LogP contribution is 2.18. The minimum atomic E-state index is -0.613. The molecule has 0 aliphatic heterocycles. The van der Waals surface area contributed by atoms with Crippen molar-refractivity contribution in [2.45, 2.75) is 6.42 Å². The van der Waals surface area contributed by atoms with E-state index in [0.29, 0.717) is 0 Å². The summed E-state index contributed by atoms with van der Waals surface area (Å²) >= 11 is 0. The molecule has 1 aromatic heterocycles. The number of carbonyl (C=O) groups excluding carboxylic acids is 2. The van der Waals surface area contributed by atoms with Gasteiger partial charge in [-0.15, -0.1) is 0 Å². The highest BCUT2D eigenvalue weighted by Gasteiger charge is 2.19. The third-order valence-electron chi connectivity index (χ3n) is 1.56. The molecule has 0 aliphatic rings. The van der Waals surface area contributed by atoms with E-state index in [0.717, 1.165) is 0 Å². The van der Waals surface area contributed by atoms with Crippen LogP contribution in [0.2, 0.25) is 0 Å². The molecule has 1 aromatic rings. The first-order valence-corrected chi connectivity index (χ1v) is 3.77. The van der Waals surface area contributed by atoms with Crippen molar-refractivity contribution < 1.29 is 23.6 Å². The summed E-state index contributed by atoms with van der Waals surface area (Å²) in [5.41, 5.74) is 0.137. The number of carbonyl (C=O) groups is 2. The van der Waals surface area contributed by atoms with Crippen LogP contribution < -0.4 is 4.74 Å². The fourth-order valence-electron chi connectivity index (χ4n) is 0.860. The Kier molecular flexibility index (Phi) is 3.22. The lowest BCUT2D eigenvalue weighted by molar-refractivity contribution is -0.139. The van der Waals surface area contributed by atoms with Crippen LogP contribution >= 0.6 is 0 Å². The Morgan fingerprint density at radius 1 is 1.50 bits per heavy atom. The average Bonchev–Trinajstić information content (AvgIpc) is 2.65. The Morgan fingerprint density at radius 2 is 2.21 bits per heavy atom. The summed E-state index contributed by atoms with van der Waals surface area (Å²) in [4.78, 5) is 22.2. The van der Waals surface area contributed by atoms with Crippen molar-refractivity contribution in [1.29, 1.82) is 0 Å². The van der Waals surface area contributed by atoms with E-state index in [1.54, 1.807) is 0 Å². The molecule has 0 saturated heterocycles. The predicted molar refractivity (Wildman–Crippen MR) is 44.0 cm³/mol. The fraction of sp³-hybridized carbons (Fsp3) is 0.375. The molecule has 0 saturated carbocycles. The lowest BCUT2D eigenvalue weighted by Crippen LogP contribution is -2.09. The van der Waals surface area contributed by atoms with Crippen LogP contribution in [-0.4, -0.2) is 31.1 Å². The first kappa shape index (κ1) is 10.2. The number of nitrogens with zero attached hydrogens (tertiary/aromatic N) is 1. The monoisotopic (exact) mass is 199 g/mol. The average molecular weight is 199 g/mol. The zero-order valence-corrected chi connectivity index (χ0v) is 7.77. The zero-order valence-electron chi connectivity index (χ0n) is 7.77. The fourth-order valence-corrected chi connectivity index (χ4v) is 0.860. The normalized spacial score (nSPS) is 9.57. The van der Waals surface area contributed by atoms with Crippen molar-refractivity contribution in [2.24, 2.45) is 0 Å². The molecule has 6 nitrogen and oxygen atoms in total. The van der Waals surface area contributed by atoms with Crippen LogP contribution in [0, 0.1) is 0 Å². The number of hydrogen-bond acceptors (Lipinski definition) is 6. The van der Waals surface area contributed by atoms with E-state index in [1.807, 2.05) is 0 Å². The van der Waals surface area contributed by atoms with E-state index in [-0.39, 0.29) is 17.9 Å². The predicted octanol–water partition coefficient (Wildman–Crippen LogP) is 0.429. The Bertz CT molecular complexity index is 343. The van der Waals surface area contributed by atoms with E-state index in [2.05, 4.69) is 14.4 Å². The molecule has 0 aliphatic carbocycles. The van der Waals surface area contributed by atoms with E-state index in [9.17, 15) is 9.59 Å². The van der Waals surface area contributed by atoms with Gasteiger partial charge >= 0.3 is 11.9 Å². The maximum absolute atomic E-state index is 11.4. The zero-order chi connectivity index (χ0) is 10.6. The first-order valence-electron chi connectivity index (χ1n) is 3.77. The van der Waals surface area contributed by atoms with Gasteiger partial charge in [0.1, 0.15) is 12.0 Å². The topological polar surface area (TPSA) is 78.6 Å². The molecule has 0 amide bonds. The van der Waals surface area contributed by atoms with Crippen molar-refractivity contribution in [1.82, 2.24) is 5.16 Å². The molecular formula is C8H9NO5. The number of Topliss-reactive ketones (excluding diaryl/α,β-unsaturated/α-hetero) is 1. The summed E-state index contributed by atoms with van der Waals surface area (Å²) in [6.45, 7) is 0. The molecule has 0 unspecified atom stereocenters. The molecule has 0 bridgehead atoms. The van der Waals surface area contributed by atoms with Crippen molar-refractivity contribution in [3.8, 4) is 5.95 Å². The summed E-state index contributed by atoms with van der Waals surface area (Å²) in [5.74, 6) is -1.06. The number of aromatic nitrogens is 1. The molecule has 0 spiro atoms. The molecule has 0 fully saturated rings. The van der Waals surface area contributed by atoms with Crippen molar-refractivity contribution in [3.63, 3.8) is 0 Å². The highest BCUT2D eigenvalue weighted by atomic mass is 16.6. The van der Waals surface area contributed by atoms with Gasteiger partial charge in [0.15, 0.2) is 5.78 Å². The molecule has 6 heteroatoms. The van der Waals surface area contributed by atoms with Crippen LogP contribution in [-0.2, 0) is 9.53 Å². The summed E-state index contributed by atoms with van der Waals surface area (Å²) in [5, 5.41) is 3.37. The van der Waals surface area contributed by atoms with Gasteiger partial charge in [0, 0.05) is 0 Å². The molecule has 0 atom stereocenters. The van der Waals surface area contributed by atoms with Crippen molar-refractivity contribution in [2.75, 3.05) is 14.2 Å². The van der Waals surface area contributed by atoms with Gasteiger partial charge in [0.05, 0.1) is 20.4 Å². The van der Waals surface area contributed by atoms with Gasteiger partial charge in [0.2, 0.25) is 0 Å². The summed E-state index contributed by atoms with van der Waals surface area (Å²) < 4.78 is 13.7. The van der Waals surface area contributed by atoms with Crippen LogP contribution in [0.25, 0.3) is 0 Å². The van der Waals surface area contributed by atoms with Gasteiger partial charge in [-0.3, -0.25) is 9.59 Å². The molecule has 0 radical (unpaired) electrons. The third-order valence-corrected chi connectivity index (χ3v) is 1.56. The number of ether oxygens (including phenoxy) is 2. The molecule has 76 valence electrons. The number of ketones is 1. The maximum atomic E-state index is 11.4. The number of hydrogen-bond donors (Lipinski definition) is 0. The van der Waals surface area contributed by atoms with Crippen molar-refractivity contribution in [3.05, 3.63) is 11.8 Å². The first-order chi connectivity index (χ1) is 6.69. The number of rotatable bonds is 4. The molecule has 1 rings (SSSR count). The third kappa shape index (κ3) is 2.09. The van der Waals surface area contributed by atoms with Gasteiger partial charge in [-0.1, -0.05) is 5.16 Å². The van der Waals surface area contributed by atoms with Gasteiger partial charge in [0.25, 0.3) is 0 Å². The molecule has 14 heavy (non-hydrogen) atoms. The second-order valence-electron chi connectivity index (χ2n) is 2.41. The van der Waals surface area contributed by atoms with E-state index in [1.165, 1.54) is 20.4 Å². The van der Waals surface area contributed by atoms with E-state index in [4.69, 9.17) is 4.74 Å². The summed E-state index contributed by atoms with van der Waals surface area (Å²) in [6.07, 6.45) is 0.845. The maximum Gasteiger partial charge on any atom is 0.321 e. The molecule has 1 heterocycles. The second-order valence-corrected chi connectivity index (χ2v) is 2.41. The quantitative estimate of drug-likeness (QED) is 0.397. The van der Waals surface area contributed by atoms with E-state index >= 15 is 0 Å². The SMILES string of the molecule is COC(=O)CC(=O)c1cnoc1OC. The lowest BCUT2D eigenvalue weighted by atomic mass is 10.2. The van der Waals surface area contributed by atoms with Crippen LogP contribution in [0.1, 0.15) is 16.8 Å². The van der Waals surface area contributed by atoms with Crippen LogP contribution in [0.5, 0.6) is 5.95 Å². The smallest absolute Gasteiger partial charge is 0.321 e. The summed E-state index contributed by atoms with van der Waals surface area (Å²) in [6, 6.07) is 0. The van der Waals surface area contributed by atoms with Gasteiger partial charge in [-0.25, -0.2) is 0 Å². The Labute approximate surface area is 79.8 Å². The second kappa shape index (κ2) is 4.40. The van der Waals surface area contributed by atoms with Gasteiger partial charge < -0.3 is 14.0 Å². The van der Waals surface area contributed by atoms with Crippen LogP contribution in [0.15, 0.2) is 10.7 Å². The standard InChI is InChI=1S/C8H9NO5/c1-12-7(11)3-6(10)5-4-9-14-8(5)13-2/h4H,3H2,1-2H3. The van der Waals surface area contributed by atoms with Crippen LogP contribution in [0.4, 0.5) is 0 Å². The number of methoxy groups -OCH3 is 2. The molecule has 0 aromatic carbocycles. The summed E-state index contributed by atoms with van der Waals surface area (Å²) in [7, 11) is 2.55. The van der Waals surface area contributed by atoms with Gasteiger partial charge in [-0.2, -0.15) is 0 Å². The van der Waals surface area contributed by atoms with Crippen LogP contribution in [0.3, 0.4) is 0 Å². The van der Waals surface area contributed by atoms with E-state index < -0.39 is 11.8 Å². The minimum absolute atomic E-state index is 0.00102. The molecule has 0 N–H and O–H groups in total.